The summed E-state index contributed by atoms with van der Waals surface area (Å²) in [5, 5.41) is 0.311. The zero-order valence-electron chi connectivity index (χ0n) is 14.0. The third-order valence-electron chi connectivity index (χ3n) is 4.17. The van der Waals surface area contributed by atoms with E-state index in [1.165, 1.54) is 23.5 Å². The summed E-state index contributed by atoms with van der Waals surface area (Å²) >= 11 is 12.3. The zero-order valence-corrected chi connectivity index (χ0v) is 16.3. The molecule has 0 bridgehead atoms. The number of benzene rings is 2. The molecule has 0 amide bonds. The van der Waals surface area contributed by atoms with Crippen LogP contribution in [0.5, 0.6) is 0 Å². The molecular weight excluding hydrogens is 397 g/mol. The van der Waals surface area contributed by atoms with Crippen molar-refractivity contribution in [2.45, 2.75) is 24.6 Å². The highest BCUT2D eigenvalue weighted by molar-refractivity contribution is 7.93. The summed E-state index contributed by atoms with van der Waals surface area (Å²) in [5.74, 6) is -0.481. The SMILES string of the molecule is COC(=O)c1ccc(N(Cc2cccc(Cl)c2Cl)S(=O)(=O)C2CC2)cc1. The van der Waals surface area contributed by atoms with E-state index in [1.807, 2.05) is 0 Å². The Morgan fingerprint density at radius 1 is 1.15 bits per heavy atom. The van der Waals surface area contributed by atoms with Crippen molar-refractivity contribution < 1.29 is 17.9 Å². The van der Waals surface area contributed by atoms with Gasteiger partial charge in [0.1, 0.15) is 0 Å². The molecule has 1 saturated carbocycles. The minimum Gasteiger partial charge on any atom is -0.465 e. The Labute approximate surface area is 162 Å². The van der Waals surface area contributed by atoms with Gasteiger partial charge in [-0.25, -0.2) is 13.2 Å². The first-order valence-electron chi connectivity index (χ1n) is 7.97. The maximum absolute atomic E-state index is 12.9. The van der Waals surface area contributed by atoms with Gasteiger partial charge < -0.3 is 4.74 Å². The summed E-state index contributed by atoms with van der Waals surface area (Å²) in [6.07, 6.45) is 1.28. The zero-order chi connectivity index (χ0) is 18.9. The first-order valence-corrected chi connectivity index (χ1v) is 10.2. The molecule has 1 aliphatic rings. The number of methoxy groups -OCH3 is 1. The van der Waals surface area contributed by atoms with Crippen molar-refractivity contribution >= 4 is 44.9 Å². The van der Waals surface area contributed by atoms with Crippen LogP contribution in [-0.4, -0.2) is 26.7 Å². The van der Waals surface area contributed by atoms with E-state index in [2.05, 4.69) is 4.74 Å². The summed E-state index contributed by atoms with van der Waals surface area (Å²) in [6.45, 7) is 0.0653. The van der Waals surface area contributed by atoms with Crippen LogP contribution in [0.25, 0.3) is 0 Å². The highest BCUT2D eigenvalue weighted by Crippen LogP contribution is 2.36. The minimum atomic E-state index is -3.53. The van der Waals surface area contributed by atoms with Crippen LogP contribution in [0.3, 0.4) is 0 Å². The molecule has 2 aromatic carbocycles. The number of carbonyl (C=O) groups is 1. The predicted octanol–water partition coefficient (Wildman–Crippen LogP) is 4.28. The van der Waals surface area contributed by atoms with E-state index in [0.29, 0.717) is 39.7 Å². The Bertz CT molecular complexity index is 925. The van der Waals surface area contributed by atoms with Gasteiger partial charge in [0.05, 0.1) is 40.2 Å². The molecule has 26 heavy (non-hydrogen) atoms. The lowest BCUT2D eigenvalue weighted by Gasteiger charge is -2.25. The Hall–Kier alpha value is -1.76. The second-order valence-electron chi connectivity index (χ2n) is 6.00. The number of rotatable bonds is 6. The van der Waals surface area contributed by atoms with Crippen LogP contribution in [0, 0.1) is 0 Å². The Morgan fingerprint density at radius 2 is 1.81 bits per heavy atom. The molecule has 0 aliphatic heterocycles. The molecule has 138 valence electrons. The first-order chi connectivity index (χ1) is 12.3. The normalized spacial score (nSPS) is 14.1. The summed E-state index contributed by atoms with van der Waals surface area (Å²) in [4.78, 5) is 11.6. The third kappa shape index (κ3) is 3.82. The third-order valence-corrected chi connectivity index (χ3v) is 7.30. The van der Waals surface area contributed by atoms with Crippen molar-refractivity contribution in [2.24, 2.45) is 0 Å². The van der Waals surface area contributed by atoms with E-state index in [9.17, 15) is 13.2 Å². The fourth-order valence-electron chi connectivity index (χ4n) is 2.58. The van der Waals surface area contributed by atoms with Gasteiger partial charge in [-0.2, -0.15) is 0 Å². The molecule has 1 aliphatic carbocycles. The van der Waals surface area contributed by atoms with Gasteiger partial charge in [0.2, 0.25) is 10.0 Å². The van der Waals surface area contributed by atoms with E-state index >= 15 is 0 Å². The molecule has 2 aromatic rings. The number of carbonyl (C=O) groups excluding carboxylic acids is 1. The summed E-state index contributed by atoms with van der Waals surface area (Å²) in [7, 11) is -2.24. The van der Waals surface area contributed by atoms with E-state index in [-0.39, 0.29) is 11.8 Å². The molecule has 0 atom stereocenters. The van der Waals surface area contributed by atoms with Crippen molar-refractivity contribution in [3.05, 3.63) is 63.6 Å². The van der Waals surface area contributed by atoms with Crippen LogP contribution in [0.2, 0.25) is 10.0 Å². The number of sulfonamides is 1. The molecule has 0 saturated heterocycles. The van der Waals surface area contributed by atoms with E-state index in [0.717, 1.165) is 0 Å². The maximum atomic E-state index is 12.9. The van der Waals surface area contributed by atoms with Crippen molar-refractivity contribution in [3.8, 4) is 0 Å². The number of ether oxygens (including phenoxy) is 1. The number of hydrogen-bond donors (Lipinski definition) is 0. The fourth-order valence-corrected chi connectivity index (χ4v) is 4.79. The van der Waals surface area contributed by atoms with Crippen LogP contribution in [0.4, 0.5) is 5.69 Å². The second-order valence-corrected chi connectivity index (χ2v) is 8.92. The first kappa shape index (κ1) is 19.0. The molecule has 0 heterocycles. The van der Waals surface area contributed by atoms with Gasteiger partial charge in [-0.1, -0.05) is 35.3 Å². The van der Waals surface area contributed by atoms with Crippen LogP contribution in [-0.2, 0) is 21.3 Å². The lowest BCUT2D eigenvalue weighted by molar-refractivity contribution is 0.0601. The number of halogens is 2. The number of anilines is 1. The average molecular weight is 414 g/mol. The quantitative estimate of drug-likeness (QED) is 0.662. The van der Waals surface area contributed by atoms with Crippen molar-refractivity contribution in [3.63, 3.8) is 0 Å². The van der Waals surface area contributed by atoms with Crippen molar-refractivity contribution in [1.82, 2.24) is 0 Å². The van der Waals surface area contributed by atoms with Crippen molar-refractivity contribution in [2.75, 3.05) is 11.4 Å². The van der Waals surface area contributed by atoms with Crippen LogP contribution < -0.4 is 4.31 Å². The summed E-state index contributed by atoms with van der Waals surface area (Å²) in [6, 6.07) is 11.4. The topological polar surface area (TPSA) is 63.7 Å². The lowest BCUT2D eigenvalue weighted by Crippen LogP contribution is -2.33. The summed E-state index contributed by atoms with van der Waals surface area (Å²) in [5.41, 5.74) is 1.42. The highest BCUT2D eigenvalue weighted by Gasteiger charge is 2.40. The molecule has 5 nitrogen and oxygen atoms in total. The molecule has 0 unspecified atom stereocenters. The maximum Gasteiger partial charge on any atom is 0.337 e. The molecule has 0 radical (unpaired) electrons. The molecule has 0 aromatic heterocycles. The molecule has 0 N–H and O–H groups in total. The van der Waals surface area contributed by atoms with Gasteiger partial charge >= 0.3 is 5.97 Å². The van der Waals surface area contributed by atoms with Crippen LogP contribution in [0.1, 0.15) is 28.8 Å². The van der Waals surface area contributed by atoms with Gasteiger partial charge in [0, 0.05) is 0 Å². The van der Waals surface area contributed by atoms with Gasteiger partial charge in [-0.05, 0) is 48.7 Å². The number of hydrogen-bond acceptors (Lipinski definition) is 4. The van der Waals surface area contributed by atoms with Gasteiger partial charge in [-0.3, -0.25) is 4.31 Å². The smallest absolute Gasteiger partial charge is 0.337 e. The molecule has 1 fully saturated rings. The largest absolute Gasteiger partial charge is 0.465 e. The molecule has 0 spiro atoms. The van der Waals surface area contributed by atoms with Crippen LogP contribution in [0.15, 0.2) is 42.5 Å². The molecular formula is C18H17Cl2NO4S. The Morgan fingerprint density at radius 3 is 2.38 bits per heavy atom. The highest BCUT2D eigenvalue weighted by atomic mass is 35.5. The second kappa shape index (κ2) is 7.47. The minimum absolute atomic E-state index is 0.0653. The van der Waals surface area contributed by atoms with Crippen LogP contribution >= 0.6 is 23.2 Å². The fraction of sp³-hybridized carbons (Fsp3) is 0.278. The number of nitrogens with zero attached hydrogens (tertiary/aromatic N) is 1. The standard InChI is InChI=1S/C18H17Cl2NO4S/c1-25-18(22)12-5-7-14(8-6-12)21(26(23,24)15-9-10-15)11-13-3-2-4-16(19)17(13)20/h2-8,15H,9-11H2,1H3. The monoisotopic (exact) mass is 413 g/mol. The average Bonchev–Trinajstić information content (AvgIpc) is 3.48. The van der Waals surface area contributed by atoms with E-state index in [4.69, 9.17) is 23.2 Å². The number of esters is 1. The van der Waals surface area contributed by atoms with Gasteiger partial charge in [-0.15, -0.1) is 0 Å². The summed E-state index contributed by atoms with van der Waals surface area (Å²) < 4.78 is 31.9. The Balaban J connectivity index is 1.99. The van der Waals surface area contributed by atoms with Gasteiger partial charge in [0.15, 0.2) is 0 Å². The molecule has 8 heteroatoms. The lowest BCUT2D eigenvalue weighted by atomic mass is 10.2. The van der Waals surface area contributed by atoms with Crippen molar-refractivity contribution in [1.29, 1.82) is 0 Å². The van der Waals surface area contributed by atoms with E-state index < -0.39 is 16.0 Å². The Kier molecular flexibility index (Phi) is 5.46. The van der Waals surface area contributed by atoms with E-state index in [1.54, 1.807) is 30.3 Å². The predicted molar refractivity (Wildman–Crippen MR) is 102 cm³/mol. The molecule has 3 rings (SSSR count). The van der Waals surface area contributed by atoms with Gasteiger partial charge in [0.25, 0.3) is 0 Å².